The lowest BCUT2D eigenvalue weighted by molar-refractivity contribution is -0.118. The van der Waals surface area contributed by atoms with Crippen LogP contribution in [0.3, 0.4) is 0 Å². The molecule has 0 aliphatic heterocycles. The average Bonchev–Trinajstić information content (AvgIpc) is 3.26. The van der Waals surface area contributed by atoms with Crippen LogP contribution in [0, 0.1) is 0 Å². The van der Waals surface area contributed by atoms with Crippen LogP contribution in [-0.2, 0) is 18.4 Å². The molecule has 0 unspecified atom stereocenters. The van der Waals surface area contributed by atoms with Crippen molar-refractivity contribution in [3.05, 3.63) is 28.4 Å². The van der Waals surface area contributed by atoms with Crippen molar-refractivity contribution in [2.45, 2.75) is 43.3 Å². The number of carbonyl (C=O) groups excluding carboxylic acids is 1. The van der Waals surface area contributed by atoms with Gasteiger partial charge in [0.25, 0.3) is 5.56 Å². The molecule has 1 aliphatic rings. The first kappa shape index (κ1) is 17.6. The predicted molar refractivity (Wildman–Crippen MR) is 92.2 cm³/mol. The summed E-state index contributed by atoms with van der Waals surface area (Å²) in [6, 6.07) is 1.63. The summed E-state index contributed by atoms with van der Waals surface area (Å²) in [6.07, 6.45) is 6.24. The second kappa shape index (κ2) is 8.24. The summed E-state index contributed by atoms with van der Waals surface area (Å²) in [5.74, 6) is 0.521. The molecule has 0 atom stereocenters. The number of aryl methyl sites for hydroxylation is 1. The van der Waals surface area contributed by atoms with Gasteiger partial charge in [0, 0.05) is 32.1 Å². The standard InChI is InChI=1S/C15H21N7O2S/c1-21-15(18-19-20-21)25-9-13(23)16-6-7-22-10-17-12(8-14(22)24)11-4-2-3-5-11/h8,10-11H,2-7,9H2,1H3,(H,16,23). The van der Waals surface area contributed by atoms with E-state index in [1.165, 1.54) is 33.9 Å². The fourth-order valence-electron chi connectivity index (χ4n) is 2.89. The normalized spacial score (nSPS) is 14.8. The maximum Gasteiger partial charge on any atom is 0.253 e. The number of tetrazole rings is 1. The van der Waals surface area contributed by atoms with Crippen LogP contribution in [0.25, 0.3) is 0 Å². The summed E-state index contributed by atoms with van der Waals surface area (Å²) in [7, 11) is 1.72. The van der Waals surface area contributed by atoms with E-state index in [1.807, 2.05) is 0 Å². The molecule has 1 N–H and O–H groups in total. The molecule has 1 fully saturated rings. The predicted octanol–water partition coefficient (Wildman–Crippen LogP) is 0.333. The molecule has 0 saturated heterocycles. The van der Waals surface area contributed by atoms with Crippen molar-refractivity contribution in [1.29, 1.82) is 0 Å². The van der Waals surface area contributed by atoms with E-state index >= 15 is 0 Å². The minimum Gasteiger partial charge on any atom is -0.354 e. The van der Waals surface area contributed by atoms with Crippen LogP contribution in [0.15, 0.2) is 22.3 Å². The van der Waals surface area contributed by atoms with E-state index in [4.69, 9.17) is 0 Å². The minimum atomic E-state index is -0.128. The Morgan fingerprint density at radius 3 is 2.88 bits per heavy atom. The van der Waals surface area contributed by atoms with E-state index in [9.17, 15) is 9.59 Å². The third-order valence-corrected chi connectivity index (χ3v) is 5.27. The topological polar surface area (TPSA) is 108 Å². The minimum absolute atomic E-state index is 0.0642. The number of carbonyl (C=O) groups is 1. The van der Waals surface area contributed by atoms with Gasteiger partial charge in [-0.3, -0.25) is 14.2 Å². The van der Waals surface area contributed by atoms with Crippen LogP contribution in [0.4, 0.5) is 0 Å². The molecular formula is C15H21N7O2S. The van der Waals surface area contributed by atoms with Gasteiger partial charge >= 0.3 is 0 Å². The Hall–Kier alpha value is -2.23. The van der Waals surface area contributed by atoms with E-state index in [2.05, 4.69) is 25.8 Å². The Bertz CT molecular complexity index is 782. The summed E-state index contributed by atoms with van der Waals surface area (Å²) in [5, 5.41) is 14.4. The van der Waals surface area contributed by atoms with Gasteiger partial charge in [0.2, 0.25) is 11.1 Å². The van der Waals surface area contributed by atoms with Gasteiger partial charge in [-0.2, -0.15) is 0 Å². The van der Waals surface area contributed by atoms with Crippen molar-refractivity contribution in [3.8, 4) is 0 Å². The van der Waals surface area contributed by atoms with Crippen LogP contribution in [-0.4, -0.2) is 48.0 Å². The van der Waals surface area contributed by atoms with E-state index in [0.29, 0.717) is 24.2 Å². The maximum atomic E-state index is 12.2. The van der Waals surface area contributed by atoms with Gasteiger partial charge in [0.05, 0.1) is 17.8 Å². The smallest absolute Gasteiger partial charge is 0.253 e. The molecule has 0 spiro atoms. The molecule has 25 heavy (non-hydrogen) atoms. The van der Waals surface area contributed by atoms with Crippen molar-refractivity contribution in [3.63, 3.8) is 0 Å². The molecule has 2 aromatic rings. The molecule has 0 bridgehead atoms. The zero-order valence-corrected chi connectivity index (χ0v) is 14.9. The summed E-state index contributed by atoms with van der Waals surface area (Å²) < 4.78 is 3.04. The monoisotopic (exact) mass is 363 g/mol. The SMILES string of the molecule is Cn1nnnc1SCC(=O)NCCn1cnc(C2CCCC2)cc1=O. The quantitative estimate of drug-likeness (QED) is 0.706. The Labute approximate surface area is 149 Å². The van der Waals surface area contributed by atoms with Crippen LogP contribution in [0.2, 0.25) is 0 Å². The van der Waals surface area contributed by atoms with Crippen LogP contribution >= 0.6 is 11.8 Å². The average molecular weight is 363 g/mol. The highest BCUT2D eigenvalue weighted by molar-refractivity contribution is 7.99. The van der Waals surface area contributed by atoms with Crippen LogP contribution in [0.5, 0.6) is 0 Å². The van der Waals surface area contributed by atoms with Crippen molar-refractivity contribution in [2.75, 3.05) is 12.3 Å². The molecule has 1 amide bonds. The molecule has 2 aromatic heterocycles. The fourth-order valence-corrected chi connectivity index (χ4v) is 3.57. The molecule has 0 aromatic carbocycles. The lowest BCUT2D eigenvalue weighted by atomic mass is 10.0. The molecule has 0 radical (unpaired) electrons. The highest BCUT2D eigenvalue weighted by Gasteiger charge is 2.18. The first-order chi connectivity index (χ1) is 12.1. The van der Waals surface area contributed by atoms with Crippen LogP contribution < -0.4 is 10.9 Å². The Kier molecular flexibility index (Phi) is 5.79. The van der Waals surface area contributed by atoms with Gasteiger partial charge in [-0.25, -0.2) is 9.67 Å². The molecule has 1 saturated carbocycles. The number of hydrogen-bond acceptors (Lipinski definition) is 7. The lowest BCUT2D eigenvalue weighted by Gasteiger charge is -2.10. The van der Waals surface area contributed by atoms with Gasteiger partial charge in [-0.1, -0.05) is 24.6 Å². The number of nitrogens with one attached hydrogen (secondary N) is 1. The molecule has 9 nitrogen and oxygen atoms in total. The molecule has 10 heteroatoms. The van der Waals surface area contributed by atoms with E-state index in [1.54, 1.807) is 19.4 Å². The van der Waals surface area contributed by atoms with Gasteiger partial charge in [-0.15, -0.1) is 5.10 Å². The number of rotatable bonds is 7. The molecule has 3 rings (SSSR count). The number of hydrogen-bond donors (Lipinski definition) is 1. The van der Waals surface area contributed by atoms with Gasteiger partial charge < -0.3 is 5.32 Å². The Morgan fingerprint density at radius 1 is 1.40 bits per heavy atom. The zero-order chi connectivity index (χ0) is 17.6. The second-order valence-electron chi connectivity index (χ2n) is 6.05. The first-order valence-electron chi connectivity index (χ1n) is 8.31. The fraction of sp³-hybridized carbons (Fsp3) is 0.600. The van der Waals surface area contributed by atoms with Crippen LogP contribution in [0.1, 0.15) is 37.3 Å². The Balaban J connectivity index is 1.44. The van der Waals surface area contributed by atoms with Crippen molar-refractivity contribution >= 4 is 17.7 Å². The third-order valence-electron chi connectivity index (χ3n) is 4.26. The maximum absolute atomic E-state index is 12.2. The number of aromatic nitrogens is 6. The highest BCUT2D eigenvalue weighted by atomic mass is 32.2. The largest absolute Gasteiger partial charge is 0.354 e. The van der Waals surface area contributed by atoms with Gasteiger partial charge in [-0.05, 0) is 23.3 Å². The molecule has 134 valence electrons. The van der Waals surface area contributed by atoms with E-state index in [-0.39, 0.29) is 17.2 Å². The summed E-state index contributed by atoms with van der Waals surface area (Å²) in [6.45, 7) is 0.777. The first-order valence-corrected chi connectivity index (χ1v) is 9.30. The van der Waals surface area contributed by atoms with Crippen molar-refractivity contribution < 1.29 is 4.79 Å². The van der Waals surface area contributed by atoms with Gasteiger partial charge in [0.1, 0.15) is 0 Å². The Morgan fingerprint density at radius 2 is 2.20 bits per heavy atom. The summed E-state index contributed by atoms with van der Waals surface area (Å²) >= 11 is 1.26. The van der Waals surface area contributed by atoms with E-state index in [0.717, 1.165) is 18.5 Å². The zero-order valence-electron chi connectivity index (χ0n) is 14.1. The summed E-state index contributed by atoms with van der Waals surface area (Å²) in [4.78, 5) is 28.4. The molecule has 2 heterocycles. The van der Waals surface area contributed by atoms with Crippen molar-refractivity contribution in [2.24, 2.45) is 7.05 Å². The summed E-state index contributed by atoms with van der Waals surface area (Å²) in [5.41, 5.74) is 0.835. The third kappa shape index (κ3) is 4.65. The second-order valence-corrected chi connectivity index (χ2v) is 6.99. The number of nitrogens with zero attached hydrogens (tertiary/aromatic N) is 6. The highest BCUT2D eigenvalue weighted by Crippen LogP contribution is 2.32. The number of amides is 1. The molecule has 1 aliphatic carbocycles. The van der Waals surface area contributed by atoms with Crippen molar-refractivity contribution in [1.82, 2.24) is 35.1 Å². The lowest BCUT2D eigenvalue weighted by Crippen LogP contribution is -2.32. The molecular weight excluding hydrogens is 342 g/mol. The van der Waals surface area contributed by atoms with E-state index < -0.39 is 0 Å². The number of thioether (sulfide) groups is 1. The van der Waals surface area contributed by atoms with Gasteiger partial charge in [0.15, 0.2) is 0 Å².